The predicted molar refractivity (Wildman–Crippen MR) is 118 cm³/mol. The molecule has 2 aliphatic rings. The van der Waals surface area contributed by atoms with Gasteiger partial charge in [0.25, 0.3) is 5.91 Å². The summed E-state index contributed by atoms with van der Waals surface area (Å²) in [6.45, 7) is 1.49. The number of anilines is 1. The maximum Gasteiger partial charge on any atom is 0.250 e. The fraction of sp³-hybridized carbons (Fsp3) is 0.318. The number of carbonyl (C=O) groups excluding carboxylic acids is 3. The van der Waals surface area contributed by atoms with Crippen LogP contribution in [0.3, 0.4) is 0 Å². The minimum atomic E-state index is -0.852. The fourth-order valence-electron chi connectivity index (χ4n) is 3.67. The molecule has 1 N–H and O–H groups in total. The quantitative estimate of drug-likeness (QED) is 0.721. The number of amides is 3. The van der Waals surface area contributed by atoms with E-state index >= 15 is 0 Å². The Balaban J connectivity index is 1.50. The number of nitrogens with zero attached hydrogens (tertiary/aromatic N) is 2. The first-order valence-corrected chi connectivity index (χ1v) is 11.2. The van der Waals surface area contributed by atoms with Crippen molar-refractivity contribution < 1.29 is 14.4 Å². The van der Waals surface area contributed by atoms with Crippen LogP contribution in [0.2, 0.25) is 5.02 Å². The summed E-state index contributed by atoms with van der Waals surface area (Å²) in [6, 6.07) is 14.7. The maximum absolute atomic E-state index is 13.2. The molecule has 1 fully saturated rings. The number of halogens is 1. The Morgan fingerprint density at radius 1 is 1.07 bits per heavy atom. The van der Waals surface area contributed by atoms with Crippen molar-refractivity contribution in [2.45, 2.75) is 29.5 Å². The number of fused-ring (bicyclic) bond motifs is 1. The molecule has 0 spiro atoms. The van der Waals surface area contributed by atoms with Crippen LogP contribution in [0.25, 0.3) is 0 Å². The lowest BCUT2D eigenvalue weighted by atomic mass is 10.2. The van der Waals surface area contributed by atoms with Gasteiger partial charge in [-0.05, 0) is 36.6 Å². The monoisotopic (exact) mass is 443 g/mol. The van der Waals surface area contributed by atoms with Crippen molar-refractivity contribution in [3.8, 4) is 0 Å². The lowest BCUT2D eigenvalue weighted by Gasteiger charge is -2.34. The van der Waals surface area contributed by atoms with Crippen LogP contribution in [0.5, 0.6) is 0 Å². The minimum Gasteiger partial charge on any atom is -0.350 e. The molecule has 8 heteroatoms. The Kier molecular flexibility index (Phi) is 6.29. The van der Waals surface area contributed by atoms with Gasteiger partial charge in [0, 0.05) is 29.6 Å². The molecule has 0 aliphatic carbocycles. The summed E-state index contributed by atoms with van der Waals surface area (Å²) in [4.78, 5) is 42.8. The van der Waals surface area contributed by atoms with Crippen molar-refractivity contribution in [2.24, 2.45) is 0 Å². The third-order valence-corrected chi connectivity index (χ3v) is 6.88. The highest BCUT2D eigenvalue weighted by Crippen LogP contribution is 2.39. The van der Waals surface area contributed by atoms with E-state index in [9.17, 15) is 14.4 Å². The molecule has 0 saturated carbocycles. The van der Waals surface area contributed by atoms with E-state index < -0.39 is 5.25 Å². The number of hydrogen-bond acceptors (Lipinski definition) is 4. The Morgan fingerprint density at radius 3 is 2.53 bits per heavy atom. The highest BCUT2D eigenvalue weighted by atomic mass is 35.5. The van der Waals surface area contributed by atoms with Crippen LogP contribution in [0.4, 0.5) is 5.69 Å². The summed E-state index contributed by atoms with van der Waals surface area (Å²) in [7, 11) is 0. The predicted octanol–water partition coefficient (Wildman–Crippen LogP) is 3.09. The first-order valence-electron chi connectivity index (χ1n) is 9.90. The SMILES string of the molecule is O=C(CN1C(=O)C(C(=O)N2CCCC2)Sc2ccccc21)NCc1ccccc1Cl. The molecule has 3 amide bonds. The molecule has 30 heavy (non-hydrogen) atoms. The van der Waals surface area contributed by atoms with Gasteiger partial charge >= 0.3 is 0 Å². The van der Waals surface area contributed by atoms with Gasteiger partial charge in [0.2, 0.25) is 11.8 Å². The lowest BCUT2D eigenvalue weighted by molar-refractivity contribution is -0.134. The minimum absolute atomic E-state index is 0.148. The zero-order chi connectivity index (χ0) is 21.1. The molecule has 0 aromatic heterocycles. The average molecular weight is 444 g/mol. The van der Waals surface area contributed by atoms with Gasteiger partial charge in [-0.3, -0.25) is 14.4 Å². The second-order valence-electron chi connectivity index (χ2n) is 7.29. The summed E-state index contributed by atoms with van der Waals surface area (Å²) in [5.74, 6) is -0.820. The van der Waals surface area contributed by atoms with Gasteiger partial charge < -0.3 is 15.1 Å². The van der Waals surface area contributed by atoms with Gasteiger partial charge in [0.1, 0.15) is 6.54 Å². The van der Waals surface area contributed by atoms with Crippen molar-refractivity contribution in [3.63, 3.8) is 0 Å². The zero-order valence-electron chi connectivity index (χ0n) is 16.3. The van der Waals surface area contributed by atoms with Gasteiger partial charge in [0.15, 0.2) is 5.25 Å². The maximum atomic E-state index is 13.2. The van der Waals surface area contributed by atoms with Crippen LogP contribution in [-0.2, 0) is 20.9 Å². The van der Waals surface area contributed by atoms with Crippen molar-refractivity contribution in [3.05, 3.63) is 59.1 Å². The van der Waals surface area contributed by atoms with Crippen molar-refractivity contribution in [1.82, 2.24) is 10.2 Å². The van der Waals surface area contributed by atoms with E-state index in [0.717, 1.165) is 23.3 Å². The van der Waals surface area contributed by atoms with E-state index in [1.807, 2.05) is 36.4 Å². The van der Waals surface area contributed by atoms with Crippen LogP contribution in [0.15, 0.2) is 53.4 Å². The second kappa shape index (κ2) is 9.10. The Hall–Kier alpha value is -2.51. The van der Waals surface area contributed by atoms with E-state index in [0.29, 0.717) is 23.8 Å². The molecule has 6 nitrogen and oxygen atoms in total. The van der Waals surface area contributed by atoms with Crippen molar-refractivity contribution in [1.29, 1.82) is 0 Å². The highest BCUT2D eigenvalue weighted by Gasteiger charge is 2.41. The summed E-state index contributed by atoms with van der Waals surface area (Å²) in [5.41, 5.74) is 1.46. The number of nitrogens with one attached hydrogen (secondary N) is 1. The van der Waals surface area contributed by atoms with E-state index in [1.54, 1.807) is 17.0 Å². The number of thioether (sulfide) groups is 1. The average Bonchev–Trinajstić information content (AvgIpc) is 3.29. The molecule has 1 unspecified atom stereocenters. The van der Waals surface area contributed by atoms with Gasteiger partial charge in [-0.15, -0.1) is 11.8 Å². The zero-order valence-corrected chi connectivity index (χ0v) is 17.9. The van der Waals surface area contributed by atoms with Crippen molar-refractivity contribution >= 4 is 46.8 Å². The first kappa shape index (κ1) is 20.8. The Bertz CT molecular complexity index is 978. The molecule has 1 atom stereocenters. The summed E-state index contributed by atoms with van der Waals surface area (Å²) >= 11 is 7.42. The summed E-state index contributed by atoms with van der Waals surface area (Å²) in [6.07, 6.45) is 1.92. The standard InChI is InChI=1S/C22H22ClN3O3S/c23-16-8-2-1-7-15(16)13-24-19(27)14-26-17-9-3-4-10-18(17)30-20(22(26)29)21(28)25-11-5-6-12-25/h1-4,7-10,20H,5-6,11-14H2,(H,24,27). The van der Waals surface area contributed by atoms with Gasteiger partial charge in [-0.25, -0.2) is 0 Å². The normalized spacial score (nSPS) is 18.3. The third kappa shape index (κ3) is 4.32. The van der Waals surface area contributed by atoms with Crippen molar-refractivity contribution in [2.75, 3.05) is 24.5 Å². The van der Waals surface area contributed by atoms with Gasteiger partial charge in [-0.2, -0.15) is 0 Å². The van der Waals surface area contributed by atoms with E-state index in [2.05, 4.69) is 5.32 Å². The van der Waals surface area contributed by atoms with Crippen LogP contribution >= 0.6 is 23.4 Å². The van der Waals surface area contributed by atoms with Gasteiger partial charge in [-0.1, -0.05) is 41.9 Å². The number of carbonyl (C=O) groups is 3. The van der Waals surface area contributed by atoms with E-state index in [1.165, 1.54) is 16.7 Å². The molecule has 4 rings (SSSR count). The van der Waals surface area contributed by atoms with Crippen LogP contribution in [0.1, 0.15) is 18.4 Å². The second-order valence-corrected chi connectivity index (χ2v) is 8.84. The molecule has 1 saturated heterocycles. The largest absolute Gasteiger partial charge is 0.350 e. The third-order valence-electron chi connectivity index (χ3n) is 5.27. The molecule has 156 valence electrons. The van der Waals surface area contributed by atoms with Crippen LogP contribution in [-0.4, -0.2) is 47.5 Å². The smallest absolute Gasteiger partial charge is 0.250 e. The number of likely N-dealkylation sites (tertiary alicyclic amines) is 1. The van der Waals surface area contributed by atoms with Crippen LogP contribution in [0, 0.1) is 0 Å². The Labute approximate surface area is 184 Å². The first-order chi connectivity index (χ1) is 14.5. The number of benzene rings is 2. The molecular formula is C22H22ClN3O3S. The Morgan fingerprint density at radius 2 is 1.77 bits per heavy atom. The molecule has 2 heterocycles. The number of para-hydroxylation sites is 1. The number of rotatable bonds is 5. The van der Waals surface area contributed by atoms with E-state index in [-0.39, 0.29) is 30.8 Å². The topological polar surface area (TPSA) is 69.7 Å². The van der Waals surface area contributed by atoms with E-state index in [4.69, 9.17) is 11.6 Å². The molecule has 0 radical (unpaired) electrons. The summed E-state index contributed by atoms with van der Waals surface area (Å²) < 4.78 is 0. The molecule has 0 bridgehead atoms. The summed E-state index contributed by atoms with van der Waals surface area (Å²) in [5, 5.41) is 2.54. The van der Waals surface area contributed by atoms with Gasteiger partial charge in [0.05, 0.1) is 5.69 Å². The molecule has 2 aromatic carbocycles. The highest BCUT2D eigenvalue weighted by molar-refractivity contribution is 8.01. The number of hydrogen-bond donors (Lipinski definition) is 1. The molecular weight excluding hydrogens is 422 g/mol. The lowest BCUT2D eigenvalue weighted by Crippen LogP contribution is -2.51. The molecule has 2 aromatic rings. The van der Waals surface area contributed by atoms with Crippen LogP contribution < -0.4 is 10.2 Å². The molecule has 2 aliphatic heterocycles. The fourth-order valence-corrected chi connectivity index (χ4v) is 5.07.